The number of imidazole rings is 1. The number of fused-ring (bicyclic) bond motifs is 1. The van der Waals surface area contributed by atoms with Gasteiger partial charge in [0.1, 0.15) is 5.65 Å². The third-order valence-electron chi connectivity index (χ3n) is 3.84. The Morgan fingerprint density at radius 1 is 1.41 bits per heavy atom. The smallest absolute Gasteiger partial charge is 0.311 e. The molecule has 1 saturated heterocycles. The van der Waals surface area contributed by atoms with E-state index in [9.17, 15) is 4.79 Å². The molecule has 0 spiro atoms. The summed E-state index contributed by atoms with van der Waals surface area (Å²) in [7, 11) is 1.39. The molecular formula is C15H20N4O3. The van der Waals surface area contributed by atoms with E-state index in [1.165, 1.54) is 7.11 Å². The number of morpholine rings is 1. The Bertz CT molecular complexity index is 677. The van der Waals surface area contributed by atoms with Crippen LogP contribution in [-0.4, -0.2) is 53.7 Å². The number of nitrogen functional groups attached to an aromatic ring is 1. The molecule has 1 aliphatic rings. The monoisotopic (exact) mass is 304 g/mol. The van der Waals surface area contributed by atoms with Crippen molar-refractivity contribution >= 4 is 17.3 Å². The summed E-state index contributed by atoms with van der Waals surface area (Å²) < 4.78 is 12.1. The second-order valence-corrected chi connectivity index (χ2v) is 5.34. The Kier molecular flexibility index (Phi) is 4.26. The van der Waals surface area contributed by atoms with Gasteiger partial charge in [0.2, 0.25) is 0 Å². The lowest BCUT2D eigenvalue weighted by Crippen LogP contribution is -2.36. The Morgan fingerprint density at radius 2 is 2.18 bits per heavy atom. The minimum atomic E-state index is -0.292. The molecule has 118 valence electrons. The molecule has 0 unspecified atom stereocenters. The number of rotatable bonds is 4. The van der Waals surface area contributed by atoms with Gasteiger partial charge in [0.25, 0.3) is 0 Å². The van der Waals surface area contributed by atoms with Crippen LogP contribution in [-0.2, 0) is 27.2 Å². The van der Waals surface area contributed by atoms with Crippen molar-refractivity contribution in [2.75, 3.05) is 39.1 Å². The van der Waals surface area contributed by atoms with Gasteiger partial charge in [0.15, 0.2) is 0 Å². The Hall–Kier alpha value is -2.12. The van der Waals surface area contributed by atoms with E-state index in [0.717, 1.165) is 43.3 Å². The van der Waals surface area contributed by atoms with Crippen LogP contribution in [0.25, 0.3) is 5.65 Å². The van der Waals surface area contributed by atoms with E-state index in [-0.39, 0.29) is 12.4 Å². The number of carbonyl (C=O) groups excluding carboxylic acids is 1. The second-order valence-electron chi connectivity index (χ2n) is 5.34. The van der Waals surface area contributed by atoms with Crippen LogP contribution in [0, 0.1) is 0 Å². The van der Waals surface area contributed by atoms with Gasteiger partial charge < -0.3 is 19.6 Å². The van der Waals surface area contributed by atoms with E-state index >= 15 is 0 Å². The molecule has 7 heteroatoms. The predicted molar refractivity (Wildman–Crippen MR) is 81.4 cm³/mol. The fraction of sp³-hybridized carbons (Fsp3) is 0.467. The van der Waals surface area contributed by atoms with Crippen molar-refractivity contribution in [3.05, 3.63) is 29.7 Å². The number of anilines is 1. The molecule has 0 amide bonds. The molecule has 2 aromatic heterocycles. The first-order chi connectivity index (χ1) is 10.7. The van der Waals surface area contributed by atoms with Gasteiger partial charge in [0, 0.05) is 31.5 Å². The lowest BCUT2D eigenvalue weighted by Gasteiger charge is -2.26. The van der Waals surface area contributed by atoms with E-state index in [1.807, 2.05) is 22.7 Å². The highest BCUT2D eigenvalue weighted by Crippen LogP contribution is 2.18. The van der Waals surface area contributed by atoms with Crippen LogP contribution in [0.5, 0.6) is 0 Å². The summed E-state index contributed by atoms with van der Waals surface area (Å²) in [5, 5.41) is 0. The van der Waals surface area contributed by atoms with E-state index in [1.54, 1.807) is 0 Å². The van der Waals surface area contributed by atoms with Crippen LogP contribution in [0.15, 0.2) is 18.3 Å². The SMILES string of the molecule is COC(=O)Cc1nc2ccc(N)cn2c1CN1CCOCC1. The Balaban J connectivity index is 1.96. The van der Waals surface area contributed by atoms with E-state index in [4.69, 9.17) is 15.2 Å². The third kappa shape index (κ3) is 3.05. The number of methoxy groups -OCH3 is 1. The van der Waals surface area contributed by atoms with Crippen LogP contribution >= 0.6 is 0 Å². The van der Waals surface area contributed by atoms with Gasteiger partial charge in [-0.25, -0.2) is 4.98 Å². The van der Waals surface area contributed by atoms with Crippen molar-refractivity contribution in [2.24, 2.45) is 0 Å². The maximum Gasteiger partial charge on any atom is 0.311 e. The molecule has 0 aromatic carbocycles. The maximum atomic E-state index is 11.6. The first kappa shape index (κ1) is 14.8. The van der Waals surface area contributed by atoms with Crippen molar-refractivity contribution < 1.29 is 14.3 Å². The van der Waals surface area contributed by atoms with Gasteiger partial charge in [-0.3, -0.25) is 9.69 Å². The largest absolute Gasteiger partial charge is 0.469 e. The lowest BCUT2D eigenvalue weighted by atomic mass is 10.2. The van der Waals surface area contributed by atoms with Gasteiger partial charge in [-0.15, -0.1) is 0 Å². The van der Waals surface area contributed by atoms with Gasteiger partial charge in [-0.1, -0.05) is 0 Å². The topological polar surface area (TPSA) is 82.1 Å². The number of hydrogen-bond acceptors (Lipinski definition) is 6. The number of carbonyl (C=O) groups is 1. The van der Waals surface area contributed by atoms with Gasteiger partial charge in [0.05, 0.1) is 38.1 Å². The zero-order valence-electron chi connectivity index (χ0n) is 12.6. The average molecular weight is 304 g/mol. The molecule has 2 N–H and O–H groups in total. The molecule has 1 aliphatic heterocycles. The highest BCUT2D eigenvalue weighted by Gasteiger charge is 2.19. The number of nitrogens with zero attached hydrogens (tertiary/aromatic N) is 3. The maximum absolute atomic E-state index is 11.6. The Labute approximate surface area is 128 Å². The summed E-state index contributed by atoms with van der Waals surface area (Å²) in [6.07, 6.45) is 2.01. The number of hydrogen-bond donors (Lipinski definition) is 1. The summed E-state index contributed by atoms with van der Waals surface area (Å²) in [5.74, 6) is -0.292. The molecule has 1 fully saturated rings. The molecule has 0 aliphatic carbocycles. The minimum Gasteiger partial charge on any atom is -0.469 e. The predicted octanol–water partition coefficient (Wildman–Crippen LogP) is 0.464. The molecule has 3 heterocycles. The zero-order valence-corrected chi connectivity index (χ0v) is 12.6. The normalized spacial score (nSPS) is 16.0. The molecule has 22 heavy (non-hydrogen) atoms. The van der Waals surface area contributed by atoms with Crippen molar-refractivity contribution in [2.45, 2.75) is 13.0 Å². The van der Waals surface area contributed by atoms with Crippen molar-refractivity contribution in [1.82, 2.24) is 14.3 Å². The summed E-state index contributed by atoms with van der Waals surface area (Å²) >= 11 is 0. The molecule has 7 nitrogen and oxygen atoms in total. The zero-order chi connectivity index (χ0) is 15.5. The molecule has 3 rings (SSSR count). The van der Waals surface area contributed by atoms with Crippen LogP contribution in [0.4, 0.5) is 5.69 Å². The number of nitrogens with two attached hydrogens (primary N) is 1. The third-order valence-corrected chi connectivity index (χ3v) is 3.84. The van der Waals surface area contributed by atoms with Gasteiger partial charge in [-0.2, -0.15) is 0 Å². The average Bonchev–Trinajstić information content (AvgIpc) is 2.85. The number of ether oxygens (including phenoxy) is 2. The summed E-state index contributed by atoms with van der Waals surface area (Å²) in [4.78, 5) is 18.5. The Morgan fingerprint density at radius 3 is 2.91 bits per heavy atom. The highest BCUT2D eigenvalue weighted by atomic mass is 16.5. The first-order valence-corrected chi connectivity index (χ1v) is 7.29. The summed E-state index contributed by atoms with van der Waals surface area (Å²) in [6, 6.07) is 3.67. The summed E-state index contributed by atoms with van der Waals surface area (Å²) in [5.41, 5.74) is 9.06. The summed E-state index contributed by atoms with van der Waals surface area (Å²) in [6.45, 7) is 3.90. The molecular weight excluding hydrogens is 284 g/mol. The molecule has 2 aromatic rings. The van der Waals surface area contributed by atoms with E-state index < -0.39 is 0 Å². The lowest BCUT2D eigenvalue weighted by molar-refractivity contribution is -0.139. The van der Waals surface area contributed by atoms with Crippen LogP contribution in [0.3, 0.4) is 0 Å². The molecule has 0 saturated carbocycles. The van der Waals surface area contributed by atoms with Gasteiger partial charge >= 0.3 is 5.97 Å². The number of aromatic nitrogens is 2. The standard InChI is InChI=1S/C15H20N4O3/c1-21-15(20)8-12-13(10-18-4-6-22-7-5-18)19-9-11(16)2-3-14(19)17-12/h2-3,9H,4-8,10,16H2,1H3. The quantitative estimate of drug-likeness (QED) is 0.827. The fourth-order valence-corrected chi connectivity index (χ4v) is 2.65. The van der Waals surface area contributed by atoms with Crippen molar-refractivity contribution in [3.8, 4) is 0 Å². The van der Waals surface area contributed by atoms with Crippen LogP contribution in [0.2, 0.25) is 0 Å². The van der Waals surface area contributed by atoms with Crippen molar-refractivity contribution in [1.29, 1.82) is 0 Å². The van der Waals surface area contributed by atoms with E-state index in [0.29, 0.717) is 12.2 Å². The minimum absolute atomic E-state index is 0.164. The number of pyridine rings is 1. The fourth-order valence-electron chi connectivity index (χ4n) is 2.65. The highest BCUT2D eigenvalue weighted by molar-refractivity contribution is 5.72. The molecule has 0 radical (unpaired) electrons. The second kappa shape index (κ2) is 6.33. The molecule has 0 bridgehead atoms. The van der Waals surface area contributed by atoms with Crippen LogP contribution in [0.1, 0.15) is 11.4 Å². The van der Waals surface area contributed by atoms with Crippen molar-refractivity contribution in [3.63, 3.8) is 0 Å². The molecule has 0 atom stereocenters. The number of esters is 1. The van der Waals surface area contributed by atoms with Crippen LogP contribution < -0.4 is 5.73 Å². The van der Waals surface area contributed by atoms with Gasteiger partial charge in [-0.05, 0) is 12.1 Å². The van der Waals surface area contributed by atoms with E-state index in [2.05, 4.69) is 9.88 Å². The first-order valence-electron chi connectivity index (χ1n) is 7.29.